The van der Waals surface area contributed by atoms with Crippen LogP contribution in [0.15, 0.2) is 30.3 Å². The molecule has 2 heteroatoms. The van der Waals surface area contributed by atoms with Gasteiger partial charge >= 0.3 is 0 Å². The monoisotopic (exact) mass is 195 g/mol. The molecule has 0 aromatic heterocycles. The summed E-state index contributed by atoms with van der Waals surface area (Å²) in [7, 11) is 0. The van der Waals surface area contributed by atoms with Crippen molar-refractivity contribution >= 4 is 17.7 Å². The van der Waals surface area contributed by atoms with Crippen molar-refractivity contribution in [3.8, 4) is 0 Å². The van der Waals surface area contributed by atoms with Gasteiger partial charge in [0.25, 0.3) is 0 Å². The molecular formula is C11H14ClN. The van der Waals surface area contributed by atoms with E-state index in [1.807, 2.05) is 18.2 Å². The number of nitrogens with two attached hydrogens (primary N) is 1. The molecule has 0 unspecified atom stereocenters. The highest BCUT2D eigenvalue weighted by molar-refractivity contribution is 6.19. The van der Waals surface area contributed by atoms with E-state index in [2.05, 4.69) is 18.2 Å². The van der Waals surface area contributed by atoms with Gasteiger partial charge in [0.1, 0.15) is 0 Å². The molecule has 0 fully saturated rings. The van der Waals surface area contributed by atoms with Gasteiger partial charge in [-0.3, -0.25) is 0 Å². The van der Waals surface area contributed by atoms with Gasteiger partial charge in [-0.05, 0) is 24.1 Å². The molecule has 2 N–H and O–H groups in total. The lowest BCUT2D eigenvalue weighted by atomic mass is 10.1. The van der Waals surface area contributed by atoms with Crippen LogP contribution in [-0.4, -0.2) is 12.4 Å². The Kier molecular flexibility index (Phi) is 4.58. The Morgan fingerprint density at radius 3 is 2.92 bits per heavy atom. The molecular weight excluding hydrogens is 182 g/mol. The van der Waals surface area contributed by atoms with Crippen LogP contribution in [0.3, 0.4) is 0 Å². The molecule has 0 heterocycles. The molecule has 0 aliphatic rings. The fourth-order valence-corrected chi connectivity index (χ4v) is 1.29. The summed E-state index contributed by atoms with van der Waals surface area (Å²) in [6.45, 7) is 0.697. The number of rotatable bonds is 4. The molecule has 1 aromatic carbocycles. The Bertz CT molecular complexity index is 281. The Balaban J connectivity index is 2.73. The zero-order valence-corrected chi connectivity index (χ0v) is 8.30. The zero-order valence-electron chi connectivity index (χ0n) is 7.54. The Morgan fingerprint density at radius 1 is 1.38 bits per heavy atom. The van der Waals surface area contributed by atoms with Crippen LogP contribution in [0.2, 0.25) is 0 Å². The lowest BCUT2D eigenvalue weighted by molar-refractivity contribution is 0.968. The second-order valence-electron chi connectivity index (χ2n) is 2.84. The summed E-state index contributed by atoms with van der Waals surface area (Å²) >= 11 is 5.55. The van der Waals surface area contributed by atoms with E-state index in [0.29, 0.717) is 12.4 Å². The third-order valence-corrected chi connectivity index (χ3v) is 1.96. The average Bonchev–Trinajstić information content (AvgIpc) is 2.16. The van der Waals surface area contributed by atoms with Crippen molar-refractivity contribution in [1.82, 2.24) is 0 Å². The quantitative estimate of drug-likeness (QED) is 0.734. The summed E-state index contributed by atoms with van der Waals surface area (Å²) in [4.78, 5) is 0. The number of allylic oxidation sites excluding steroid dienone is 1. The molecule has 1 rings (SSSR count). The second kappa shape index (κ2) is 5.79. The highest BCUT2D eigenvalue weighted by Gasteiger charge is 1.91. The number of hydrogen-bond acceptors (Lipinski definition) is 1. The molecule has 13 heavy (non-hydrogen) atoms. The van der Waals surface area contributed by atoms with Crippen LogP contribution in [0.25, 0.3) is 6.08 Å². The first-order chi connectivity index (χ1) is 6.36. The largest absolute Gasteiger partial charge is 0.330 e. The van der Waals surface area contributed by atoms with Gasteiger partial charge in [0.2, 0.25) is 0 Å². The van der Waals surface area contributed by atoms with Gasteiger partial charge in [0.05, 0.1) is 0 Å². The van der Waals surface area contributed by atoms with Crippen LogP contribution in [0.5, 0.6) is 0 Å². The molecule has 70 valence electrons. The summed E-state index contributed by atoms with van der Waals surface area (Å²) < 4.78 is 0. The molecule has 1 aromatic rings. The first-order valence-corrected chi connectivity index (χ1v) is 4.92. The highest BCUT2D eigenvalue weighted by Crippen LogP contribution is 2.07. The van der Waals surface area contributed by atoms with Crippen molar-refractivity contribution in [3.63, 3.8) is 0 Å². The van der Waals surface area contributed by atoms with Gasteiger partial charge in [0.15, 0.2) is 0 Å². The van der Waals surface area contributed by atoms with Crippen molar-refractivity contribution < 1.29 is 0 Å². The van der Waals surface area contributed by atoms with E-state index in [4.69, 9.17) is 17.3 Å². The van der Waals surface area contributed by atoms with E-state index >= 15 is 0 Å². The fourth-order valence-electron chi connectivity index (χ4n) is 1.20. The lowest BCUT2D eigenvalue weighted by Gasteiger charge is -1.99. The number of hydrogen-bond donors (Lipinski definition) is 1. The van der Waals surface area contributed by atoms with Crippen molar-refractivity contribution in [1.29, 1.82) is 0 Å². The van der Waals surface area contributed by atoms with E-state index < -0.39 is 0 Å². The molecule has 0 aliphatic heterocycles. The first kappa shape index (κ1) is 10.3. The molecule has 0 radical (unpaired) electrons. The molecule has 1 nitrogen and oxygen atoms in total. The Labute approximate surface area is 84.2 Å². The van der Waals surface area contributed by atoms with Gasteiger partial charge in [0, 0.05) is 5.88 Å². The van der Waals surface area contributed by atoms with Gasteiger partial charge in [-0.15, -0.1) is 11.6 Å². The van der Waals surface area contributed by atoms with Crippen molar-refractivity contribution in [2.45, 2.75) is 6.42 Å². The van der Waals surface area contributed by atoms with Crippen molar-refractivity contribution in [2.24, 2.45) is 5.73 Å². The van der Waals surface area contributed by atoms with E-state index in [9.17, 15) is 0 Å². The summed E-state index contributed by atoms with van der Waals surface area (Å²) in [5, 5.41) is 0. The molecule has 0 atom stereocenters. The van der Waals surface area contributed by atoms with E-state index in [1.54, 1.807) is 0 Å². The SMILES string of the molecule is NCCc1cccc(C=CCCl)c1. The zero-order chi connectivity index (χ0) is 9.52. The molecule has 0 spiro atoms. The third-order valence-electron chi connectivity index (χ3n) is 1.78. The maximum Gasteiger partial charge on any atom is 0.0407 e. The number of benzene rings is 1. The van der Waals surface area contributed by atoms with Crippen LogP contribution in [0.4, 0.5) is 0 Å². The number of halogens is 1. The molecule has 0 amide bonds. The third kappa shape index (κ3) is 3.62. The summed E-state index contributed by atoms with van der Waals surface area (Å²) in [6.07, 6.45) is 4.89. The van der Waals surface area contributed by atoms with Crippen LogP contribution in [0.1, 0.15) is 11.1 Å². The Morgan fingerprint density at radius 2 is 2.23 bits per heavy atom. The minimum atomic E-state index is 0.557. The van der Waals surface area contributed by atoms with Crippen LogP contribution in [-0.2, 0) is 6.42 Å². The lowest BCUT2D eigenvalue weighted by Crippen LogP contribution is -2.02. The van der Waals surface area contributed by atoms with Crippen molar-refractivity contribution in [3.05, 3.63) is 41.5 Å². The van der Waals surface area contributed by atoms with Crippen molar-refractivity contribution in [2.75, 3.05) is 12.4 Å². The summed E-state index contributed by atoms with van der Waals surface area (Å²) in [5.74, 6) is 0.557. The van der Waals surface area contributed by atoms with Gasteiger partial charge in [-0.2, -0.15) is 0 Å². The van der Waals surface area contributed by atoms with E-state index in [-0.39, 0.29) is 0 Å². The Hall–Kier alpha value is -0.790. The molecule has 0 saturated heterocycles. The van der Waals surface area contributed by atoms with Gasteiger partial charge < -0.3 is 5.73 Å². The summed E-state index contributed by atoms with van der Waals surface area (Å²) in [5.41, 5.74) is 7.94. The fraction of sp³-hybridized carbons (Fsp3) is 0.273. The normalized spacial score (nSPS) is 10.9. The molecule has 0 aliphatic carbocycles. The minimum Gasteiger partial charge on any atom is -0.330 e. The smallest absolute Gasteiger partial charge is 0.0407 e. The minimum absolute atomic E-state index is 0.557. The standard InChI is InChI=1S/C11H14ClN/c12-7-2-5-10-3-1-4-11(9-10)6-8-13/h1-5,9H,6-8,13H2. The van der Waals surface area contributed by atoms with E-state index in [1.165, 1.54) is 11.1 Å². The van der Waals surface area contributed by atoms with Crippen LogP contribution in [0, 0.1) is 0 Å². The highest BCUT2D eigenvalue weighted by atomic mass is 35.5. The molecule has 0 bridgehead atoms. The summed E-state index contributed by atoms with van der Waals surface area (Å²) in [6, 6.07) is 8.32. The number of alkyl halides is 1. The van der Waals surface area contributed by atoms with Gasteiger partial charge in [-0.25, -0.2) is 0 Å². The van der Waals surface area contributed by atoms with Crippen LogP contribution < -0.4 is 5.73 Å². The predicted molar refractivity (Wildman–Crippen MR) is 59.0 cm³/mol. The first-order valence-electron chi connectivity index (χ1n) is 4.38. The maximum absolute atomic E-state index is 5.55. The topological polar surface area (TPSA) is 26.0 Å². The molecule has 0 saturated carbocycles. The van der Waals surface area contributed by atoms with Gasteiger partial charge in [-0.1, -0.05) is 36.4 Å². The second-order valence-corrected chi connectivity index (χ2v) is 3.15. The van der Waals surface area contributed by atoms with E-state index in [0.717, 1.165) is 6.42 Å². The maximum atomic E-state index is 5.55. The average molecular weight is 196 g/mol. The predicted octanol–water partition coefficient (Wildman–Crippen LogP) is 2.44. The van der Waals surface area contributed by atoms with Crippen LogP contribution >= 0.6 is 11.6 Å².